The largest absolute Gasteiger partial charge is 0.489 e. The number of aliphatic carboxylic acids is 1. The van der Waals surface area contributed by atoms with Gasteiger partial charge in [-0.05, 0) is 41.6 Å². The number of benzene rings is 2. The summed E-state index contributed by atoms with van der Waals surface area (Å²) in [6.45, 7) is 7.25. The van der Waals surface area contributed by atoms with Gasteiger partial charge in [0.25, 0.3) is 0 Å². The van der Waals surface area contributed by atoms with Crippen LogP contribution in [-0.2, 0) is 16.1 Å². The molecule has 3 rings (SSSR count). The topological polar surface area (TPSA) is 78.9 Å². The van der Waals surface area contributed by atoms with Gasteiger partial charge in [0.05, 0.1) is 12.2 Å². The lowest BCUT2D eigenvalue weighted by atomic mass is 10.0. The van der Waals surface area contributed by atoms with Crippen molar-refractivity contribution in [2.75, 3.05) is 18.1 Å². The Bertz CT molecular complexity index is 879. The number of fused-ring (bicyclic) bond motifs is 1. The number of hydrogen-bond donors (Lipinski definition) is 2. The van der Waals surface area contributed by atoms with Crippen molar-refractivity contribution >= 4 is 17.6 Å². The van der Waals surface area contributed by atoms with Crippen molar-refractivity contribution < 1.29 is 19.4 Å². The van der Waals surface area contributed by atoms with Crippen LogP contribution in [0.25, 0.3) is 0 Å². The third kappa shape index (κ3) is 5.39. The van der Waals surface area contributed by atoms with Gasteiger partial charge in [0.2, 0.25) is 5.91 Å². The van der Waals surface area contributed by atoms with Crippen molar-refractivity contribution in [1.29, 1.82) is 0 Å². The highest BCUT2D eigenvalue weighted by Gasteiger charge is 2.31. The second-order valence-electron chi connectivity index (χ2n) is 8.26. The summed E-state index contributed by atoms with van der Waals surface area (Å²) in [6, 6.07) is 15.3. The van der Waals surface area contributed by atoms with Gasteiger partial charge in [0.15, 0.2) is 0 Å². The molecule has 6 heteroatoms. The Morgan fingerprint density at radius 2 is 1.87 bits per heavy atom. The molecule has 0 spiro atoms. The first kappa shape index (κ1) is 21.8. The van der Waals surface area contributed by atoms with Crippen LogP contribution in [0.4, 0.5) is 5.69 Å². The molecule has 1 aliphatic heterocycles. The highest BCUT2D eigenvalue weighted by atomic mass is 16.5. The number of para-hydroxylation sites is 2. The maximum Gasteiger partial charge on any atom is 0.303 e. The van der Waals surface area contributed by atoms with Gasteiger partial charge in [-0.1, -0.05) is 57.2 Å². The van der Waals surface area contributed by atoms with E-state index in [0.717, 1.165) is 11.3 Å². The summed E-state index contributed by atoms with van der Waals surface area (Å²) >= 11 is 0. The highest BCUT2D eigenvalue weighted by molar-refractivity contribution is 5.99. The zero-order valence-corrected chi connectivity index (χ0v) is 17.8. The van der Waals surface area contributed by atoms with Gasteiger partial charge in [0.1, 0.15) is 18.4 Å². The Morgan fingerprint density at radius 3 is 2.53 bits per heavy atom. The van der Waals surface area contributed by atoms with Gasteiger partial charge in [-0.2, -0.15) is 0 Å². The van der Waals surface area contributed by atoms with Gasteiger partial charge in [-0.3, -0.25) is 9.59 Å². The minimum absolute atomic E-state index is 0.0565. The van der Waals surface area contributed by atoms with E-state index in [1.54, 1.807) is 4.90 Å². The molecule has 160 valence electrons. The first-order chi connectivity index (χ1) is 14.3. The molecule has 2 atom stereocenters. The van der Waals surface area contributed by atoms with Crippen LogP contribution in [0.5, 0.6) is 5.75 Å². The van der Waals surface area contributed by atoms with E-state index < -0.39 is 12.0 Å². The molecule has 6 nitrogen and oxygen atoms in total. The molecule has 0 fully saturated rings. The van der Waals surface area contributed by atoms with Crippen molar-refractivity contribution in [2.45, 2.75) is 45.7 Å². The minimum atomic E-state index is -0.841. The Balaban J connectivity index is 1.80. The Hall–Kier alpha value is -2.86. The minimum Gasteiger partial charge on any atom is -0.489 e. The van der Waals surface area contributed by atoms with E-state index in [1.807, 2.05) is 31.2 Å². The number of rotatable bonds is 8. The summed E-state index contributed by atoms with van der Waals surface area (Å²) in [7, 11) is 0. The Morgan fingerprint density at radius 1 is 1.17 bits per heavy atom. The Labute approximate surface area is 177 Å². The van der Waals surface area contributed by atoms with Crippen molar-refractivity contribution in [3.8, 4) is 5.75 Å². The lowest BCUT2D eigenvalue weighted by molar-refractivity contribution is -0.137. The van der Waals surface area contributed by atoms with Crippen LogP contribution in [0.3, 0.4) is 0 Å². The van der Waals surface area contributed by atoms with Crippen molar-refractivity contribution in [1.82, 2.24) is 5.32 Å². The van der Waals surface area contributed by atoms with E-state index in [-0.39, 0.29) is 24.9 Å². The number of carboxylic acid groups (broad SMARTS) is 1. The summed E-state index contributed by atoms with van der Waals surface area (Å²) in [6.07, 6.45) is 0.0565. The average molecular weight is 411 g/mol. The first-order valence-electron chi connectivity index (χ1n) is 10.4. The molecule has 0 radical (unpaired) electrons. The van der Waals surface area contributed by atoms with Gasteiger partial charge in [-0.25, -0.2) is 0 Å². The molecular weight excluding hydrogens is 380 g/mol. The third-order valence-corrected chi connectivity index (χ3v) is 5.35. The lowest BCUT2D eigenvalue weighted by Crippen LogP contribution is -2.49. The van der Waals surface area contributed by atoms with Gasteiger partial charge in [0, 0.05) is 6.42 Å². The van der Waals surface area contributed by atoms with Crippen molar-refractivity contribution in [2.24, 2.45) is 5.92 Å². The van der Waals surface area contributed by atoms with Gasteiger partial charge in [-0.15, -0.1) is 0 Å². The maximum absolute atomic E-state index is 13.4. The molecular formula is C24H30N2O4. The zero-order chi connectivity index (χ0) is 21.7. The van der Waals surface area contributed by atoms with Crippen LogP contribution in [0.15, 0.2) is 48.5 Å². The number of nitrogens with one attached hydrogen (secondary N) is 1. The number of anilines is 1. The number of carboxylic acids is 1. The second-order valence-corrected chi connectivity index (χ2v) is 8.26. The predicted octanol–water partition coefficient (Wildman–Crippen LogP) is 3.80. The smallest absolute Gasteiger partial charge is 0.303 e. The first-order valence-corrected chi connectivity index (χ1v) is 10.4. The van der Waals surface area contributed by atoms with Crippen molar-refractivity contribution in [3.63, 3.8) is 0 Å². The van der Waals surface area contributed by atoms with Crippen molar-refractivity contribution in [3.05, 3.63) is 59.7 Å². The van der Waals surface area contributed by atoms with Crippen LogP contribution in [-0.4, -0.2) is 36.2 Å². The summed E-state index contributed by atoms with van der Waals surface area (Å²) in [5.41, 5.74) is 3.05. The SMILES string of the molecule is CC(C)c1ccc(CN2C(=O)[C@@H](NC[C@@H](C)CC(=O)O)COc3ccccc32)cc1. The van der Waals surface area contributed by atoms with Crippen LogP contribution in [0, 0.1) is 5.92 Å². The monoisotopic (exact) mass is 410 g/mol. The molecule has 0 aromatic heterocycles. The number of nitrogens with zero attached hydrogens (tertiary/aromatic N) is 1. The molecule has 0 aliphatic carbocycles. The fourth-order valence-corrected chi connectivity index (χ4v) is 3.57. The molecule has 1 amide bonds. The quantitative estimate of drug-likeness (QED) is 0.692. The molecule has 30 heavy (non-hydrogen) atoms. The molecule has 1 heterocycles. The fourth-order valence-electron chi connectivity index (χ4n) is 3.57. The number of carbonyl (C=O) groups excluding carboxylic acids is 1. The summed E-state index contributed by atoms with van der Waals surface area (Å²) in [5.74, 6) is 0.127. The molecule has 1 aliphatic rings. The molecule has 0 bridgehead atoms. The number of carbonyl (C=O) groups is 2. The zero-order valence-electron chi connectivity index (χ0n) is 17.8. The average Bonchev–Trinajstić information content (AvgIpc) is 2.84. The van der Waals surface area contributed by atoms with Gasteiger partial charge < -0.3 is 20.1 Å². The third-order valence-electron chi connectivity index (χ3n) is 5.35. The van der Waals surface area contributed by atoms with Crippen LogP contribution < -0.4 is 15.0 Å². The summed E-state index contributed by atoms with van der Waals surface area (Å²) in [5, 5.41) is 12.2. The fraction of sp³-hybridized carbons (Fsp3) is 0.417. The predicted molar refractivity (Wildman–Crippen MR) is 117 cm³/mol. The number of hydrogen-bond acceptors (Lipinski definition) is 4. The van der Waals surface area contributed by atoms with Gasteiger partial charge >= 0.3 is 5.97 Å². The van der Waals surface area contributed by atoms with E-state index in [2.05, 4.69) is 43.4 Å². The Kier molecular flexibility index (Phi) is 7.11. The molecule has 2 aromatic carbocycles. The van der Waals surface area contributed by atoms with E-state index in [0.29, 0.717) is 24.8 Å². The van der Waals surface area contributed by atoms with E-state index in [9.17, 15) is 9.59 Å². The molecule has 2 aromatic rings. The maximum atomic E-state index is 13.4. The normalized spacial score (nSPS) is 17.3. The molecule has 0 saturated heterocycles. The highest BCUT2D eigenvalue weighted by Crippen LogP contribution is 2.32. The molecule has 0 saturated carbocycles. The standard InChI is InChI=1S/C24H30N2O4/c1-16(2)19-10-8-18(9-11-19)14-26-21-6-4-5-7-22(21)30-15-20(24(26)29)25-13-17(3)12-23(27)28/h4-11,16-17,20,25H,12-15H2,1-3H3,(H,27,28)/t17-,20-/m0/s1. The second kappa shape index (κ2) is 9.76. The number of ether oxygens (including phenoxy) is 1. The van der Waals surface area contributed by atoms with E-state index in [1.165, 1.54) is 5.56 Å². The van der Waals surface area contributed by atoms with E-state index >= 15 is 0 Å². The van der Waals surface area contributed by atoms with E-state index in [4.69, 9.17) is 9.84 Å². The lowest BCUT2D eigenvalue weighted by Gasteiger charge is -2.25. The van der Waals surface area contributed by atoms with Crippen LogP contribution in [0.1, 0.15) is 44.2 Å². The van der Waals surface area contributed by atoms with Crippen LogP contribution in [0.2, 0.25) is 0 Å². The number of amides is 1. The van der Waals surface area contributed by atoms with Crippen LogP contribution >= 0.6 is 0 Å². The summed E-state index contributed by atoms with van der Waals surface area (Å²) in [4.78, 5) is 26.1. The molecule has 0 unspecified atom stereocenters. The summed E-state index contributed by atoms with van der Waals surface area (Å²) < 4.78 is 5.92. The molecule has 2 N–H and O–H groups in total.